The van der Waals surface area contributed by atoms with Gasteiger partial charge in [-0.15, -0.1) is 0 Å². The van der Waals surface area contributed by atoms with Crippen molar-refractivity contribution in [1.82, 2.24) is 4.98 Å². The standard InChI is InChI=1S/C14H13N3O4/c1-9(10-2-4-12-13(6-10)21-8-20-12)16-14-5-3-11(7-15-14)17(18)19/h2-7,9H,8H2,1H3,(H,15,16). The predicted molar refractivity (Wildman–Crippen MR) is 75.5 cm³/mol. The molecule has 1 aliphatic heterocycles. The average molecular weight is 287 g/mol. The van der Waals surface area contributed by atoms with Crippen LogP contribution in [0.5, 0.6) is 11.5 Å². The molecule has 0 saturated heterocycles. The Balaban J connectivity index is 1.73. The zero-order chi connectivity index (χ0) is 14.8. The monoisotopic (exact) mass is 287 g/mol. The summed E-state index contributed by atoms with van der Waals surface area (Å²) in [5, 5.41) is 13.8. The number of pyridine rings is 1. The maximum Gasteiger partial charge on any atom is 0.287 e. The van der Waals surface area contributed by atoms with E-state index in [0.29, 0.717) is 5.82 Å². The van der Waals surface area contributed by atoms with E-state index in [2.05, 4.69) is 10.3 Å². The van der Waals surface area contributed by atoms with Crippen molar-refractivity contribution in [3.63, 3.8) is 0 Å². The van der Waals surface area contributed by atoms with Crippen LogP contribution in [0.2, 0.25) is 0 Å². The predicted octanol–water partition coefficient (Wildman–Crippen LogP) is 2.89. The van der Waals surface area contributed by atoms with Gasteiger partial charge in [-0.1, -0.05) is 6.07 Å². The lowest BCUT2D eigenvalue weighted by Crippen LogP contribution is -2.07. The van der Waals surface area contributed by atoms with E-state index >= 15 is 0 Å². The molecule has 3 rings (SSSR count). The van der Waals surface area contributed by atoms with E-state index in [9.17, 15) is 10.1 Å². The molecule has 1 aromatic heterocycles. The molecule has 0 radical (unpaired) electrons. The van der Waals surface area contributed by atoms with Gasteiger partial charge in [0.1, 0.15) is 12.0 Å². The Morgan fingerprint density at radius 1 is 1.29 bits per heavy atom. The van der Waals surface area contributed by atoms with E-state index in [4.69, 9.17) is 9.47 Å². The van der Waals surface area contributed by atoms with Gasteiger partial charge in [0.15, 0.2) is 11.5 Å². The van der Waals surface area contributed by atoms with Crippen molar-refractivity contribution < 1.29 is 14.4 Å². The highest BCUT2D eigenvalue weighted by Gasteiger charge is 2.16. The summed E-state index contributed by atoms with van der Waals surface area (Å²) in [5.74, 6) is 2.03. The number of nitrogens with zero attached hydrogens (tertiary/aromatic N) is 2. The summed E-state index contributed by atoms with van der Waals surface area (Å²) in [6, 6.07) is 8.69. The van der Waals surface area contributed by atoms with Gasteiger partial charge in [-0.2, -0.15) is 0 Å². The van der Waals surface area contributed by atoms with E-state index in [-0.39, 0.29) is 18.5 Å². The van der Waals surface area contributed by atoms with E-state index in [0.717, 1.165) is 17.1 Å². The Hall–Kier alpha value is -2.83. The molecule has 7 nitrogen and oxygen atoms in total. The maximum atomic E-state index is 10.6. The number of aromatic nitrogens is 1. The van der Waals surface area contributed by atoms with Crippen LogP contribution in [0, 0.1) is 10.1 Å². The number of rotatable bonds is 4. The van der Waals surface area contributed by atoms with E-state index in [1.807, 2.05) is 25.1 Å². The molecule has 108 valence electrons. The molecule has 0 aliphatic carbocycles. The molecule has 21 heavy (non-hydrogen) atoms. The fraction of sp³-hybridized carbons (Fsp3) is 0.214. The number of anilines is 1. The second-order valence-electron chi connectivity index (χ2n) is 4.64. The van der Waals surface area contributed by atoms with Crippen LogP contribution in [0.1, 0.15) is 18.5 Å². The van der Waals surface area contributed by atoms with Crippen LogP contribution in [0.15, 0.2) is 36.5 Å². The van der Waals surface area contributed by atoms with Gasteiger partial charge in [-0.05, 0) is 30.7 Å². The minimum absolute atomic E-state index is 0.0199. The maximum absolute atomic E-state index is 10.6. The summed E-state index contributed by atoms with van der Waals surface area (Å²) in [5.41, 5.74) is 0.982. The van der Waals surface area contributed by atoms with Gasteiger partial charge >= 0.3 is 0 Å². The molecule has 1 aromatic carbocycles. The topological polar surface area (TPSA) is 86.5 Å². The molecule has 7 heteroatoms. The summed E-state index contributed by atoms with van der Waals surface area (Å²) in [6.45, 7) is 2.21. The fourth-order valence-electron chi connectivity index (χ4n) is 2.07. The molecular weight excluding hydrogens is 274 g/mol. The number of ether oxygens (including phenoxy) is 2. The first-order valence-corrected chi connectivity index (χ1v) is 6.40. The summed E-state index contributed by atoms with van der Waals surface area (Å²) >= 11 is 0. The molecule has 0 spiro atoms. The summed E-state index contributed by atoms with van der Waals surface area (Å²) in [7, 11) is 0. The van der Waals surface area contributed by atoms with Crippen LogP contribution in [0.25, 0.3) is 0 Å². The third kappa shape index (κ3) is 2.71. The highest BCUT2D eigenvalue weighted by Crippen LogP contribution is 2.34. The number of fused-ring (bicyclic) bond motifs is 1. The van der Waals surface area contributed by atoms with Crippen LogP contribution in [0.4, 0.5) is 11.5 Å². The first kappa shape index (κ1) is 13.2. The molecule has 1 N–H and O–H groups in total. The van der Waals surface area contributed by atoms with Crippen LogP contribution >= 0.6 is 0 Å². The first-order valence-electron chi connectivity index (χ1n) is 6.40. The van der Waals surface area contributed by atoms with Gasteiger partial charge in [0.05, 0.1) is 11.0 Å². The molecule has 0 fully saturated rings. The SMILES string of the molecule is CC(Nc1ccc([N+](=O)[O-])cn1)c1ccc2c(c1)OCO2. The Kier molecular flexibility index (Phi) is 3.31. The summed E-state index contributed by atoms with van der Waals surface area (Å²) in [6.07, 6.45) is 1.23. The highest BCUT2D eigenvalue weighted by atomic mass is 16.7. The summed E-state index contributed by atoms with van der Waals surface area (Å²) < 4.78 is 10.6. The molecule has 1 atom stereocenters. The average Bonchev–Trinajstić information content (AvgIpc) is 2.95. The Labute approximate surface area is 120 Å². The summed E-state index contributed by atoms with van der Waals surface area (Å²) in [4.78, 5) is 14.1. The van der Waals surface area contributed by atoms with Crippen LogP contribution in [-0.4, -0.2) is 16.7 Å². The van der Waals surface area contributed by atoms with Crippen molar-refractivity contribution in [2.75, 3.05) is 12.1 Å². The van der Waals surface area contributed by atoms with Crippen LogP contribution in [-0.2, 0) is 0 Å². The van der Waals surface area contributed by atoms with Crippen molar-refractivity contribution >= 4 is 11.5 Å². The van der Waals surface area contributed by atoms with Crippen molar-refractivity contribution in [3.05, 3.63) is 52.2 Å². The smallest absolute Gasteiger partial charge is 0.287 e. The van der Waals surface area contributed by atoms with Gasteiger partial charge in [-0.25, -0.2) is 4.98 Å². The molecular formula is C14H13N3O4. The second-order valence-corrected chi connectivity index (χ2v) is 4.64. The van der Waals surface area contributed by atoms with Crippen molar-refractivity contribution in [2.24, 2.45) is 0 Å². The van der Waals surface area contributed by atoms with E-state index < -0.39 is 4.92 Å². The molecule has 0 amide bonds. The fourth-order valence-corrected chi connectivity index (χ4v) is 2.07. The van der Waals surface area contributed by atoms with Gasteiger partial charge in [0, 0.05) is 6.07 Å². The Morgan fingerprint density at radius 3 is 2.81 bits per heavy atom. The lowest BCUT2D eigenvalue weighted by molar-refractivity contribution is -0.385. The lowest BCUT2D eigenvalue weighted by atomic mass is 10.1. The van der Waals surface area contributed by atoms with Crippen LogP contribution in [0.3, 0.4) is 0 Å². The van der Waals surface area contributed by atoms with E-state index in [1.54, 1.807) is 6.07 Å². The molecule has 2 aromatic rings. The van der Waals surface area contributed by atoms with Crippen molar-refractivity contribution in [2.45, 2.75) is 13.0 Å². The number of nitro groups is 1. The van der Waals surface area contributed by atoms with Gasteiger partial charge < -0.3 is 14.8 Å². The zero-order valence-corrected chi connectivity index (χ0v) is 11.3. The largest absolute Gasteiger partial charge is 0.454 e. The normalized spacial score (nSPS) is 13.8. The molecule has 2 heterocycles. The minimum Gasteiger partial charge on any atom is -0.454 e. The number of hydrogen-bond donors (Lipinski definition) is 1. The second kappa shape index (κ2) is 5.28. The van der Waals surface area contributed by atoms with Crippen molar-refractivity contribution in [1.29, 1.82) is 0 Å². The molecule has 1 aliphatic rings. The molecule has 0 saturated carbocycles. The quantitative estimate of drug-likeness (QED) is 0.687. The lowest BCUT2D eigenvalue weighted by Gasteiger charge is -2.15. The third-order valence-corrected chi connectivity index (χ3v) is 3.22. The first-order chi connectivity index (χ1) is 10.1. The Bertz CT molecular complexity index is 672. The van der Waals surface area contributed by atoms with Gasteiger partial charge in [0.2, 0.25) is 6.79 Å². The highest BCUT2D eigenvalue weighted by molar-refractivity contribution is 5.48. The van der Waals surface area contributed by atoms with Gasteiger partial charge in [0.25, 0.3) is 5.69 Å². The molecule has 0 bridgehead atoms. The van der Waals surface area contributed by atoms with Gasteiger partial charge in [-0.3, -0.25) is 10.1 Å². The zero-order valence-electron chi connectivity index (χ0n) is 11.3. The van der Waals surface area contributed by atoms with E-state index in [1.165, 1.54) is 12.3 Å². The number of benzene rings is 1. The Morgan fingerprint density at radius 2 is 2.10 bits per heavy atom. The number of hydrogen-bond acceptors (Lipinski definition) is 6. The number of nitrogens with one attached hydrogen (secondary N) is 1. The third-order valence-electron chi connectivity index (χ3n) is 3.22. The minimum atomic E-state index is -0.474. The molecule has 1 unspecified atom stereocenters. The van der Waals surface area contributed by atoms with Crippen molar-refractivity contribution in [3.8, 4) is 11.5 Å². The van der Waals surface area contributed by atoms with Crippen LogP contribution < -0.4 is 14.8 Å².